The number of ether oxygens (including phenoxy) is 1. The van der Waals surface area contributed by atoms with E-state index in [4.69, 9.17) is 0 Å². The number of rotatable bonds is 9. The van der Waals surface area contributed by atoms with Gasteiger partial charge in [0.2, 0.25) is 5.91 Å². The summed E-state index contributed by atoms with van der Waals surface area (Å²) in [5.41, 5.74) is 1.01. The van der Waals surface area contributed by atoms with Crippen molar-refractivity contribution >= 4 is 11.7 Å². The number of aromatic nitrogens is 2. The maximum Gasteiger partial charge on any atom is 0.411 e. The van der Waals surface area contributed by atoms with Crippen LogP contribution in [0, 0.1) is 11.3 Å². The van der Waals surface area contributed by atoms with Gasteiger partial charge in [0.05, 0.1) is 18.4 Å². The molecule has 0 unspecified atom stereocenters. The number of para-hydroxylation sites is 1. The van der Waals surface area contributed by atoms with E-state index in [9.17, 15) is 23.2 Å². The van der Waals surface area contributed by atoms with Gasteiger partial charge in [-0.25, -0.2) is 4.68 Å². The number of nitriles is 1. The molecule has 1 aliphatic heterocycles. The Labute approximate surface area is 184 Å². The number of alkyl halides is 3. The first-order chi connectivity index (χ1) is 15.4. The number of carbonyl (C=O) groups excluding carboxylic acids is 1. The third kappa shape index (κ3) is 7.05. The van der Waals surface area contributed by atoms with Crippen molar-refractivity contribution in [3.05, 3.63) is 42.1 Å². The number of benzene rings is 1. The van der Waals surface area contributed by atoms with E-state index in [0.717, 1.165) is 18.8 Å². The molecule has 1 amide bonds. The van der Waals surface area contributed by atoms with Gasteiger partial charge in [0.1, 0.15) is 18.2 Å². The minimum Gasteiger partial charge on any atom is -0.372 e. The number of carbonyl (C=O) groups is 1. The summed E-state index contributed by atoms with van der Waals surface area (Å²) in [5, 5.41) is 16.4. The van der Waals surface area contributed by atoms with E-state index in [1.165, 1.54) is 10.9 Å². The smallest absolute Gasteiger partial charge is 0.372 e. The third-order valence-electron chi connectivity index (χ3n) is 5.01. The zero-order valence-corrected chi connectivity index (χ0v) is 17.5. The van der Waals surface area contributed by atoms with Gasteiger partial charge in [-0.1, -0.05) is 18.2 Å². The molecule has 1 N–H and O–H groups in total. The highest BCUT2D eigenvalue weighted by Gasteiger charge is 2.27. The molecule has 32 heavy (non-hydrogen) atoms. The molecule has 3 rings (SSSR count). The lowest BCUT2D eigenvalue weighted by Gasteiger charge is -2.34. The van der Waals surface area contributed by atoms with Crippen LogP contribution in [0.1, 0.15) is 12.0 Å². The lowest BCUT2D eigenvalue weighted by molar-refractivity contribution is -0.174. The molecule has 1 aliphatic rings. The molecule has 0 radical (unpaired) electrons. The molecule has 11 heteroatoms. The van der Waals surface area contributed by atoms with E-state index in [-0.39, 0.29) is 24.6 Å². The Morgan fingerprint density at radius 1 is 1.16 bits per heavy atom. The first kappa shape index (κ1) is 23.7. The van der Waals surface area contributed by atoms with E-state index in [1.807, 2.05) is 41.3 Å². The van der Waals surface area contributed by atoms with Crippen molar-refractivity contribution in [3.8, 4) is 11.8 Å². The van der Waals surface area contributed by atoms with Crippen LogP contribution in [0.25, 0.3) is 5.69 Å². The molecule has 0 saturated carbocycles. The standard InChI is InChI=1S/C21H25F3N6O2/c22-21(23,24)16-32-12-4-7-28-8-10-29(11-9-28)15-19(31)27-20-17(13-25)14-26-30(20)18-5-2-1-3-6-18/h1-3,5-6,14H,4,7-12,15-16H2,(H,27,31). The molecule has 8 nitrogen and oxygen atoms in total. The van der Waals surface area contributed by atoms with Gasteiger partial charge in [-0.2, -0.15) is 23.5 Å². The predicted molar refractivity (Wildman–Crippen MR) is 111 cm³/mol. The van der Waals surface area contributed by atoms with Crippen LogP contribution in [0.3, 0.4) is 0 Å². The summed E-state index contributed by atoms with van der Waals surface area (Å²) >= 11 is 0. The van der Waals surface area contributed by atoms with E-state index in [1.54, 1.807) is 0 Å². The topological polar surface area (TPSA) is 86.4 Å². The van der Waals surface area contributed by atoms with E-state index >= 15 is 0 Å². The molecule has 1 saturated heterocycles. The third-order valence-corrected chi connectivity index (χ3v) is 5.01. The Morgan fingerprint density at radius 2 is 1.84 bits per heavy atom. The second-order valence-corrected chi connectivity index (χ2v) is 7.45. The first-order valence-electron chi connectivity index (χ1n) is 10.3. The minimum atomic E-state index is -4.29. The summed E-state index contributed by atoms with van der Waals surface area (Å²) in [7, 11) is 0. The van der Waals surface area contributed by atoms with Crippen LogP contribution in [0.15, 0.2) is 36.5 Å². The Balaban J connectivity index is 1.43. The monoisotopic (exact) mass is 450 g/mol. The minimum absolute atomic E-state index is 0.0679. The van der Waals surface area contributed by atoms with Gasteiger partial charge in [0.15, 0.2) is 5.82 Å². The number of halogens is 3. The van der Waals surface area contributed by atoms with Crippen molar-refractivity contribution in [3.63, 3.8) is 0 Å². The van der Waals surface area contributed by atoms with Crippen LogP contribution in [0.4, 0.5) is 19.0 Å². The van der Waals surface area contributed by atoms with Crippen LogP contribution in [-0.2, 0) is 9.53 Å². The highest BCUT2D eigenvalue weighted by atomic mass is 19.4. The van der Waals surface area contributed by atoms with Gasteiger partial charge >= 0.3 is 6.18 Å². The molecule has 0 atom stereocenters. The molecule has 0 spiro atoms. The number of nitrogens with zero attached hydrogens (tertiary/aromatic N) is 5. The molecule has 0 aliphatic carbocycles. The predicted octanol–water partition coefficient (Wildman–Crippen LogP) is 2.27. The molecule has 1 fully saturated rings. The summed E-state index contributed by atoms with van der Waals surface area (Å²) in [5.74, 6) is 0.0920. The van der Waals surface area contributed by atoms with Crippen molar-refractivity contribution in [2.45, 2.75) is 12.6 Å². The summed E-state index contributed by atoms with van der Waals surface area (Å²) in [4.78, 5) is 16.8. The highest BCUT2D eigenvalue weighted by Crippen LogP contribution is 2.19. The maximum absolute atomic E-state index is 12.6. The van der Waals surface area contributed by atoms with Crippen LogP contribution in [0.2, 0.25) is 0 Å². The molecule has 0 bridgehead atoms. The van der Waals surface area contributed by atoms with Gasteiger partial charge in [-0.05, 0) is 18.6 Å². The second-order valence-electron chi connectivity index (χ2n) is 7.45. The SMILES string of the molecule is N#Cc1cnn(-c2ccccc2)c1NC(=O)CN1CCN(CCCOCC(F)(F)F)CC1. The van der Waals surface area contributed by atoms with Gasteiger partial charge in [-0.15, -0.1) is 0 Å². The van der Waals surface area contributed by atoms with Gasteiger partial charge < -0.3 is 15.0 Å². The number of nitrogens with one attached hydrogen (secondary N) is 1. The number of hydrogen-bond donors (Lipinski definition) is 1. The second kappa shape index (κ2) is 11.1. The zero-order valence-electron chi connectivity index (χ0n) is 17.5. The molecule has 1 aromatic carbocycles. The van der Waals surface area contributed by atoms with Crippen molar-refractivity contribution < 1.29 is 22.7 Å². The lowest BCUT2D eigenvalue weighted by Crippen LogP contribution is -2.48. The molecule has 2 heterocycles. The van der Waals surface area contributed by atoms with Crippen LogP contribution in [0.5, 0.6) is 0 Å². The fourth-order valence-electron chi connectivity index (χ4n) is 3.44. The van der Waals surface area contributed by atoms with E-state index in [2.05, 4.69) is 20.1 Å². The maximum atomic E-state index is 12.6. The van der Waals surface area contributed by atoms with Crippen LogP contribution < -0.4 is 5.32 Å². The van der Waals surface area contributed by atoms with E-state index in [0.29, 0.717) is 31.9 Å². The number of piperazine rings is 1. The van der Waals surface area contributed by atoms with Gasteiger partial charge in [0, 0.05) is 39.3 Å². The Morgan fingerprint density at radius 3 is 2.50 bits per heavy atom. The average molecular weight is 450 g/mol. The summed E-state index contributed by atoms with van der Waals surface area (Å²) in [6.45, 7) is 2.45. The molecule has 172 valence electrons. The van der Waals surface area contributed by atoms with Crippen molar-refractivity contribution in [1.82, 2.24) is 19.6 Å². The highest BCUT2D eigenvalue weighted by molar-refractivity contribution is 5.93. The Kier molecular flexibility index (Phi) is 8.21. The molecular weight excluding hydrogens is 425 g/mol. The quantitative estimate of drug-likeness (QED) is 0.590. The summed E-state index contributed by atoms with van der Waals surface area (Å²) in [6, 6.07) is 11.3. The summed E-state index contributed by atoms with van der Waals surface area (Å²) < 4.78 is 42.3. The van der Waals surface area contributed by atoms with Crippen LogP contribution in [-0.4, -0.2) is 84.1 Å². The van der Waals surface area contributed by atoms with Crippen molar-refractivity contribution in [2.75, 3.05) is 57.8 Å². The summed E-state index contributed by atoms with van der Waals surface area (Å²) in [6.07, 6.45) is -2.35. The van der Waals surface area contributed by atoms with Gasteiger partial charge in [-0.3, -0.25) is 9.69 Å². The fourth-order valence-corrected chi connectivity index (χ4v) is 3.44. The van der Waals surface area contributed by atoms with Crippen LogP contribution >= 0.6 is 0 Å². The van der Waals surface area contributed by atoms with Crippen molar-refractivity contribution in [1.29, 1.82) is 5.26 Å². The molecule has 1 aromatic heterocycles. The van der Waals surface area contributed by atoms with Crippen molar-refractivity contribution in [2.24, 2.45) is 0 Å². The number of amides is 1. The largest absolute Gasteiger partial charge is 0.411 e. The Bertz CT molecular complexity index is 918. The zero-order chi connectivity index (χ0) is 23.0. The fraction of sp³-hybridized carbons (Fsp3) is 0.476. The normalized spacial score (nSPS) is 15.4. The average Bonchev–Trinajstić information content (AvgIpc) is 3.17. The molecule has 2 aromatic rings. The lowest BCUT2D eigenvalue weighted by atomic mass is 10.3. The Hall–Kier alpha value is -2.94. The number of hydrogen-bond acceptors (Lipinski definition) is 6. The van der Waals surface area contributed by atoms with E-state index < -0.39 is 12.8 Å². The van der Waals surface area contributed by atoms with Gasteiger partial charge in [0.25, 0.3) is 0 Å². The first-order valence-corrected chi connectivity index (χ1v) is 10.3. The number of anilines is 1. The molecular formula is C21H25F3N6O2.